The van der Waals surface area contributed by atoms with E-state index in [-0.39, 0.29) is 11.3 Å². The van der Waals surface area contributed by atoms with Crippen molar-refractivity contribution in [2.24, 2.45) is 0 Å². The van der Waals surface area contributed by atoms with Crippen molar-refractivity contribution >= 4 is 33.4 Å². The molecule has 7 nitrogen and oxygen atoms in total. The number of hydrogen-bond acceptors (Lipinski definition) is 6. The highest BCUT2D eigenvalue weighted by molar-refractivity contribution is 9.10. The summed E-state index contributed by atoms with van der Waals surface area (Å²) < 4.78 is 12.1. The Morgan fingerprint density at radius 2 is 1.73 bits per heavy atom. The van der Waals surface area contributed by atoms with Gasteiger partial charge in [-0.25, -0.2) is 0 Å². The number of nitrogens with zero attached hydrogens (tertiary/aromatic N) is 2. The Labute approximate surface area is 201 Å². The van der Waals surface area contributed by atoms with E-state index in [0.717, 1.165) is 23.1 Å². The van der Waals surface area contributed by atoms with Crippen LogP contribution in [0.25, 0.3) is 5.76 Å². The van der Waals surface area contributed by atoms with Crippen LogP contribution in [0.3, 0.4) is 0 Å². The van der Waals surface area contributed by atoms with E-state index in [1.165, 1.54) is 0 Å². The number of benzene rings is 2. The van der Waals surface area contributed by atoms with E-state index in [0.29, 0.717) is 43.4 Å². The summed E-state index contributed by atoms with van der Waals surface area (Å²) in [6, 6.07) is 11.8. The highest BCUT2D eigenvalue weighted by atomic mass is 79.9. The molecule has 2 heterocycles. The van der Waals surface area contributed by atoms with Crippen molar-refractivity contribution in [2.45, 2.75) is 19.9 Å². The standard InChI is InChI=1S/C25H27BrN2O5/c1-3-27(4-2)11-12-28-22(16-5-8-18(26)9-6-16)21(24(30)25(28)31)23(29)17-7-10-19-20(15-17)33-14-13-32-19/h5-10,15,22,29H,3-4,11-14H2,1-2H3/b23-21+. The highest BCUT2D eigenvalue weighted by Crippen LogP contribution is 2.41. The fourth-order valence-electron chi connectivity index (χ4n) is 4.24. The number of ether oxygens (including phenoxy) is 2. The Bertz CT molecular complexity index is 1080. The van der Waals surface area contributed by atoms with Crippen LogP contribution in [0.2, 0.25) is 0 Å². The molecular weight excluding hydrogens is 488 g/mol. The fraction of sp³-hybridized carbons (Fsp3) is 0.360. The van der Waals surface area contributed by atoms with Crippen molar-refractivity contribution in [2.75, 3.05) is 39.4 Å². The van der Waals surface area contributed by atoms with Gasteiger partial charge in [-0.05, 0) is 49.0 Å². The van der Waals surface area contributed by atoms with Crippen LogP contribution in [0.4, 0.5) is 0 Å². The molecule has 0 aliphatic carbocycles. The van der Waals surface area contributed by atoms with Gasteiger partial charge in [0.2, 0.25) is 0 Å². The number of amides is 1. The van der Waals surface area contributed by atoms with E-state index in [1.54, 1.807) is 23.1 Å². The molecular formula is C25H27BrN2O5. The van der Waals surface area contributed by atoms with Crippen LogP contribution in [-0.2, 0) is 9.59 Å². The molecule has 0 radical (unpaired) electrons. The maximum absolute atomic E-state index is 13.2. The molecule has 1 atom stereocenters. The van der Waals surface area contributed by atoms with Crippen molar-refractivity contribution in [1.29, 1.82) is 0 Å². The zero-order valence-electron chi connectivity index (χ0n) is 18.7. The van der Waals surface area contributed by atoms with Crippen LogP contribution in [0.5, 0.6) is 11.5 Å². The van der Waals surface area contributed by atoms with Crippen molar-refractivity contribution in [3.63, 3.8) is 0 Å². The summed E-state index contributed by atoms with van der Waals surface area (Å²) in [4.78, 5) is 30.0. The lowest BCUT2D eigenvalue weighted by Gasteiger charge is -2.28. The SMILES string of the molecule is CCN(CC)CCN1C(=O)C(=O)/C(=C(/O)c2ccc3c(c2)OCCO3)C1c1ccc(Br)cc1. The third-order valence-corrected chi connectivity index (χ3v) is 6.62. The summed E-state index contributed by atoms with van der Waals surface area (Å²) >= 11 is 3.44. The minimum absolute atomic E-state index is 0.0820. The van der Waals surface area contributed by atoms with Gasteiger partial charge in [0.05, 0.1) is 11.6 Å². The lowest BCUT2D eigenvalue weighted by Crippen LogP contribution is -2.38. The quantitative estimate of drug-likeness (QED) is 0.342. The number of carbonyl (C=O) groups is 2. The lowest BCUT2D eigenvalue weighted by molar-refractivity contribution is -0.140. The normalized spacial score (nSPS) is 19.4. The molecule has 1 saturated heterocycles. The summed E-state index contributed by atoms with van der Waals surface area (Å²) in [7, 11) is 0. The van der Waals surface area contributed by atoms with Gasteiger partial charge in [-0.2, -0.15) is 0 Å². The largest absolute Gasteiger partial charge is 0.507 e. The van der Waals surface area contributed by atoms with E-state index in [1.807, 2.05) is 24.3 Å². The Morgan fingerprint density at radius 1 is 1.06 bits per heavy atom. The molecule has 33 heavy (non-hydrogen) atoms. The third-order valence-electron chi connectivity index (χ3n) is 6.09. The fourth-order valence-corrected chi connectivity index (χ4v) is 4.50. The van der Waals surface area contributed by atoms with E-state index < -0.39 is 17.7 Å². The van der Waals surface area contributed by atoms with Gasteiger partial charge < -0.3 is 24.4 Å². The van der Waals surface area contributed by atoms with E-state index >= 15 is 0 Å². The number of aliphatic hydroxyl groups is 1. The number of Topliss-reactive ketones (excluding diaryl/α,β-unsaturated/α-hetero) is 1. The summed E-state index contributed by atoms with van der Waals surface area (Å²) in [6.07, 6.45) is 0. The predicted molar refractivity (Wildman–Crippen MR) is 128 cm³/mol. The van der Waals surface area contributed by atoms with Crippen LogP contribution in [0.15, 0.2) is 52.5 Å². The van der Waals surface area contributed by atoms with Crippen LogP contribution in [0.1, 0.15) is 31.0 Å². The molecule has 4 rings (SSSR count). The minimum Gasteiger partial charge on any atom is -0.507 e. The summed E-state index contributed by atoms with van der Waals surface area (Å²) in [6.45, 7) is 7.70. The van der Waals surface area contributed by atoms with Crippen LogP contribution in [-0.4, -0.2) is 66.0 Å². The van der Waals surface area contributed by atoms with Gasteiger partial charge in [0.25, 0.3) is 11.7 Å². The number of rotatable bonds is 7. The van der Waals surface area contributed by atoms with Gasteiger partial charge >= 0.3 is 0 Å². The molecule has 1 amide bonds. The van der Waals surface area contributed by atoms with Gasteiger partial charge in [0.1, 0.15) is 19.0 Å². The van der Waals surface area contributed by atoms with E-state index in [9.17, 15) is 14.7 Å². The number of aliphatic hydroxyl groups excluding tert-OH is 1. The smallest absolute Gasteiger partial charge is 0.295 e. The van der Waals surface area contributed by atoms with Crippen molar-refractivity contribution in [1.82, 2.24) is 9.80 Å². The first-order valence-electron chi connectivity index (χ1n) is 11.1. The Kier molecular flexibility index (Phi) is 7.05. The average molecular weight is 515 g/mol. The number of halogens is 1. The molecule has 2 aliphatic heterocycles. The number of likely N-dealkylation sites (tertiary alicyclic amines) is 1. The molecule has 0 spiro atoms. The molecule has 2 aromatic carbocycles. The number of hydrogen-bond donors (Lipinski definition) is 1. The predicted octanol–water partition coefficient (Wildman–Crippen LogP) is 3.98. The summed E-state index contributed by atoms with van der Waals surface area (Å²) in [5, 5.41) is 11.2. The maximum atomic E-state index is 13.2. The van der Waals surface area contributed by atoms with E-state index in [4.69, 9.17) is 9.47 Å². The second-order valence-corrected chi connectivity index (χ2v) is 8.85. The second kappa shape index (κ2) is 9.97. The third kappa shape index (κ3) is 4.63. The maximum Gasteiger partial charge on any atom is 0.295 e. The number of likely N-dealkylation sites (N-methyl/N-ethyl adjacent to an activating group) is 1. The second-order valence-electron chi connectivity index (χ2n) is 7.93. The zero-order chi connectivity index (χ0) is 23.5. The molecule has 8 heteroatoms. The molecule has 2 aromatic rings. The molecule has 1 N–H and O–H groups in total. The number of ketones is 1. The van der Waals surface area contributed by atoms with Gasteiger partial charge in [0.15, 0.2) is 11.5 Å². The Balaban J connectivity index is 1.78. The first-order chi connectivity index (χ1) is 15.9. The number of carbonyl (C=O) groups excluding carboxylic acids is 2. The summed E-state index contributed by atoms with van der Waals surface area (Å²) in [5.41, 5.74) is 1.25. The Morgan fingerprint density at radius 3 is 2.39 bits per heavy atom. The number of fused-ring (bicyclic) bond motifs is 1. The lowest BCUT2D eigenvalue weighted by atomic mass is 9.95. The van der Waals surface area contributed by atoms with Gasteiger partial charge in [0, 0.05) is 23.1 Å². The molecule has 1 unspecified atom stereocenters. The zero-order valence-corrected chi connectivity index (χ0v) is 20.3. The van der Waals surface area contributed by atoms with Crippen LogP contribution >= 0.6 is 15.9 Å². The Hall–Kier alpha value is -2.84. The van der Waals surface area contributed by atoms with Crippen molar-refractivity contribution in [3.05, 3.63) is 63.6 Å². The van der Waals surface area contributed by atoms with Crippen molar-refractivity contribution in [3.8, 4) is 11.5 Å². The highest BCUT2D eigenvalue weighted by Gasteiger charge is 2.46. The molecule has 174 valence electrons. The molecule has 1 fully saturated rings. The van der Waals surface area contributed by atoms with Gasteiger partial charge in [-0.15, -0.1) is 0 Å². The van der Waals surface area contributed by atoms with E-state index in [2.05, 4.69) is 34.7 Å². The monoisotopic (exact) mass is 514 g/mol. The molecule has 0 aromatic heterocycles. The molecule has 0 saturated carbocycles. The van der Waals surface area contributed by atoms with Gasteiger partial charge in [-0.3, -0.25) is 9.59 Å². The summed E-state index contributed by atoms with van der Waals surface area (Å²) in [5.74, 6) is -0.421. The molecule has 2 aliphatic rings. The van der Waals surface area contributed by atoms with Crippen LogP contribution in [0, 0.1) is 0 Å². The first-order valence-corrected chi connectivity index (χ1v) is 11.9. The average Bonchev–Trinajstić information content (AvgIpc) is 3.09. The first kappa shape index (κ1) is 23.3. The van der Waals surface area contributed by atoms with Crippen LogP contribution < -0.4 is 9.47 Å². The van der Waals surface area contributed by atoms with Gasteiger partial charge in [-0.1, -0.05) is 41.9 Å². The minimum atomic E-state index is -0.685. The topological polar surface area (TPSA) is 79.3 Å². The van der Waals surface area contributed by atoms with Crippen molar-refractivity contribution < 1.29 is 24.2 Å². The molecule has 0 bridgehead atoms.